The number of fused-ring (bicyclic) bond motifs is 1. The van der Waals surface area contributed by atoms with Gasteiger partial charge in [-0.15, -0.1) is 10.2 Å². The van der Waals surface area contributed by atoms with Crippen LogP contribution in [0.5, 0.6) is 11.5 Å². The van der Waals surface area contributed by atoms with E-state index in [-0.39, 0.29) is 17.9 Å². The highest BCUT2D eigenvalue weighted by Crippen LogP contribution is 2.38. The summed E-state index contributed by atoms with van der Waals surface area (Å²) in [4.78, 5) is 0. The molecule has 0 aliphatic carbocycles. The third kappa shape index (κ3) is 2.94. The lowest BCUT2D eigenvalue weighted by atomic mass is 10.2. The van der Waals surface area contributed by atoms with Crippen molar-refractivity contribution in [3.05, 3.63) is 53.8 Å². The van der Waals surface area contributed by atoms with E-state index in [1.54, 1.807) is 12.1 Å². The van der Waals surface area contributed by atoms with Gasteiger partial charge in [0.05, 0.1) is 0 Å². The summed E-state index contributed by atoms with van der Waals surface area (Å²) >= 11 is 1.42. The maximum absolute atomic E-state index is 13.0. The maximum atomic E-state index is 13.0. The normalized spacial score (nSPS) is 13.9. The SMILES string of the molecule is C[C@@H](Sc1nnc(-c2ccc3c(c2)OCO3)o1)c1ccc(F)cc1. The van der Waals surface area contributed by atoms with Crippen molar-refractivity contribution in [3.8, 4) is 23.0 Å². The number of aromatic nitrogens is 2. The maximum Gasteiger partial charge on any atom is 0.277 e. The highest BCUT2D eigenvalue weighted by atomic mass is 32.2. The van der Waals surface area contributed by atoms with Gasteiger partial charge in [0, 0.05) is 10.8 Å². The molecule has 2 aromatic carbocycles. The van der Waals surface area contributed by atoms with Crippen LogP contribution in [-0.4, -0.2) is 17.0 Å². The Morgan fingerprint density at radius 2 is 1.83 bits per heavy atom. The first-order valence-corrected chi connectivity index (χ1v) is 8.22. The standard InChI is InChI=1S/C17H13FN2O3S/c1-10(11-2-5-13(18)6-3-11)24-17-20-19-16(23-17)12-4-7-14-15(8-12)22-9-21-14/h2-8,10H,9H2,1H3/t10-/m1/s1. The van der Waals surface area contributed by atoms with E-state index in [9.17, 15) is 4.39 Å². The minimum absolute atomic E-state index is 0.0654. The van der Waals surface area contributed by atoms with E-state index < -0.39 is 0 Å². The first-order valence-electron chi connectivity index (χ1n) is 7.35. The fourth-order valence-corrected chi connectivity index (χ4v) is 3.17. The van der Waals surface area contributed by atoms with Gasteiger partial charge in [0.25, 0.3) is 5.22 Å². The van der Waals surface area contributed by atoms with E-state index in [1.165, 1.54) is 23.9 Å². The second kappa shape index (κ2) is 6.16. The van der Waals surface area contributed by atoms with Crippen LogP contribution in [0.2, 0.25) is 0 Å². The second-order valence-corrected chi connectivity index (χ2v) is 6.54. The Bertz CT molecular complexity index is 867. The number of hydrogen-bond donors (Lipinski definition) is 0. The van der Waals surface area contributed by atoms with E-state index in [0.29, 0.717) is 22.6 Å². The van der Waals surface area contributed by atoms with Gasteiger partial charge in [-0.1, -0.05) is 23.9 Å². The van der Waals surface area contributed by atoms with Crippen molar-refractivity contribution < 1.29 is 18.3 Å². The van der Waals surface area contributed by atoms with Crippen LogP contribution in [0.4, 0.5) is 4.39 Å². The lowest BCUT2D eigenvalue weighted by Crippen LogP contribution is -1.92. The van der Waals surface area contributed by atoms with Crippen LogP contribution in [0.25, 0.3) is 11.5 Å². The van der Waals surface area contributed by atoms with Crippen molar-refractivity contribution in [2.75, 3.05) is 6.79 Å². The summed E-state index contributed by atoms with van der Waals surface area (Å²) in [6.45, 7) is 2.22. The fourth-order valence-electron chi connectivity index (χ4n) is 2.36. The molecule has 0 saturated carbocycles. The Morgan fingerprint density at radius 3 is 2.67 bits per heavy atom. The van der Waals surface area contributed by atoms with Gasteiger partial charge in [0.1, 0.15) is 5.82 Å². The molecule has 3 aromatic rings. The average Bonchev–Trinajstić information content (AvgIpc) is 3.23. The van der Waals surface area contributed by atoms with E-state index in [1.807, 2.05) is 25.1 Å². The Hall–Kier alpha value is -2.54. The minimum atomic E-state index is -0.251. The van der Waals surface area contributed by atoms with Crippen LogP contribution in [0.15, 0.2) is 52.1 Å². The van der Waals surface area contributed by atoms with Crippen LogP contribution in [0.3, 0.4) is 0 Å². The zero-order valence-corrected chi connectivity index (χ0v) is 13.5. The third-order valence-electron chi connectivity index (χ3n) is 3.64. The molecule has 0 amide bonds. The Kier molecular flexibility index (Phi) is 3.86. The van der Waals surface area contributed by atoms with Gasteiger partial charge in [-0.2, -0.15) is 0 Å². The number of thioether (sulfide) groups is 1. The number of rotatable bonds is 4. The molecule has 0 saturated heterocycles. The summed E-state index contributed by atoms with van der Waals surface area (Å²) in [5, 5.41) is 8.67. The van der Waals surface area contributed by atoms with Gasteiger partial charge in [0.15, 0.2) is 11.5 Å². The van der Waals surface area contributed by atoms with Gasteiger partial charge in [0.2, 0.25) is 12.7 Å². The third-order valence-corrected chi connectivity index (χ3v) is 4.64. The molecule has 0 radical (unpaired) electrons. The number of ether oxygens (including phenoxy) is 2. The van der Waals surface area contributed by atoms with E-state index in [4.69, 9.17) is 13.9 Å². The highest BCUT2D eigenvalue weighted by molar-refractivity contribution is 7.99. The molecule has 1 aliphatic heterocycles. The molecular weight excluding hydrogens is 331 g/mol. The summed E-state index contributed by atoms with van der Waals surface area (Å²) in [5.74, 6) is 1.54. The zero-order chi connectivity index (χ0) is 16.5. The smallest absolute Gasteiger partial charge is 0.277 e. The van der Waals surface area contributed by atoms with Crippen molar-refractivity contribution >= 4 is 11.8 Å². The second-order valence-electron chi connectivity index (χ2n) is 5.25. The molecule has 0 bridgehead atoms. The molecule has 1 atom stereocenters. The number of nitrogens with zero attached hydrogens (tertiary/aromatic N) is 2. The van der Waals surface area contributed by atoms with Crippen molar-refractivity contribution in [1.29, 1.82) is 0 Å². The average molecular weight is 344 g/mol. The van der Waals surface area contributed by atoms with Gasteiger partial charge in [-0.3, -0.25) is 0 Å². The number of hydrogen-bond acceptors (Lipinski definition) is 6. The van der Waals surface area contributed by atoms with Crippen LogP contribution >= 0.6 is 11.8 Å². The summed E-state index contributed by atoms with van der Waals surface area (Å²) in [6.07, 6.45) is 0. The molecule has 122 valence electrons. The largest absolute Gasteiger partial charge is 0.454 e. The molecular formula is C17H13FN2O3S. The van der Waals surface area contributed by atoms with Crippen LogP contribution in [-0.2, 0) is 0 Å². The lowest BCUT2D eigenvalue weighted by Gasteiger charge is -2.08. The molecule has 1 aromatic heterocycles. The molecule has 0 spiro atoms. The van der Waals surface area contributed by atoms with Crippen LogP contribution in [0, 0.1) is 5.82 Å². The van der Waals surface area contributed by atoms with E-state index in [2.05, 4.69) is 10.2 Å². The topological polar surface area (TPSA) is 57.4 Å². The fraction of sp³-hybridized carbons (Fsp3) is 0.176. The zero-order valence-electron chi connectivity index (χ0n) is 12.7. The predicted molar refractivity (Wildman–Crippen MR) is 86.5 cm³/mol. The first kappa shape index (κ1) is 15.0. The van der Waals surface area contributed by atoms with Gasteiger partial charge < -0.3 is 13.9 Å². The Morgan fingerprint density at radius 1 is 1.04 bits per heavy atom. The Balaban J connectivity index is 1.51. The Labute approximate surface area is 141 Å². The summed E-state index contributed by atoms with van der Waals surface area (Å²) in [7, 11) is 0. The molecule has 0 fully saturated rings. The van der Waals surface area contributed by atoms with Crippen molar-refractivity contribution in [2.45, 2.75) is 17.4 Å². The first-order chi connectivity index (χ1) is 11.7. The molecule has 2 heterocycles. The molecule has 24 heavy (non-hydrogen) atoms. The summed E-state index contributed by atoms with van der Waals surface area (Å²) in [6, 6.07) is 11.9. The van der Waals surface area contributed by atoms with Gasteiger partial charge >= 0.3 is 0 Å². The van der Waals surface area contributed by atoms with Gasteiger partial charge in [-0.25, -0.2) is 4.39 Å². The highest BCUT2D eigenvalue weighted by Gasteiger charge is 2.18. The minimum Gasteiger partial charge on any atom is -0.454 e. The van der Waals surface area contributed by atoms with E-state index >= 15 is 0 Å². The lowest BCUT2D eigenvalue weighted by molar-refractivity contribution is 0.174. The van der Waals surface area contributed by atoms with Crippen molar-refractivity contribution in [1.82, 2.24) is 10.2 Å². The summed E-state index contributed by atoms with van der Waals surface area (Å²) < 4.78 is 29.3. The molecule has 7 heteroatoms. The predicted octanol–water partition coefficient (Wildman–Crippen LogP) is 4.46. The number of benzene rings is 2. The molecule has 0 unspecified atom stereocenters. The number of halogens is 1. The van der Waals surface area contributed by atoms with Crippen molar-refractivity contribution in [2.24, 2.45) is 0 Å². The van der Waals surface area contributed by atoms with Crippen LogP contribution < -0.4 is 9.47 Å². The van der Waals surface area contributed by atoms with Gasteiger partial charge in [-0.05, 0) is 42.8 Å². The van der Waals surface area contributed by atoms with E-state index in [0.717, 1.165) is 11.1 Å². The molecule has 5 nitrogen and oxygen atoms in total. The van der Waals surface area contributed by atoms with Crippen molar-refractivity contribution in [3.63, 3.8) is 0 Å². The molecule has 1 aliphatic rings. The quantitative estimate of drug-likeness (QED) is 0.652. The molecule has 0 N–H and O–H groups in total. The van der Waals surface area contributed by atoms with Crippen LogP contribution in [0.1, 0.15) is 17.7 Å². The molecule has 4 rings (SSSR count). The summed E-state index contributed by atoms with van der Waals surface area (Å²) in [5.41, 5.74) is 1.76. The monoisotopic (exact) mass is 344 g/mol.